The van der Waals surface area contributed by atoms with Gasteiger partial charge in [0.1, 0.15) is 0 Å². The van der Waals surface area contributed by atoms with E-state index in [1.165, 1.54) is 0 Å². The van der Waals surface area contributed by atoms with Gasteiger partial charge in [-0.3, -0.25) is 0 Å². The average Bonchev–Trinajstić information content (AvgIpc) is 1.91. The zero-order valence-corrected chi connectivity index (χ0v) is 4.65. The molecule has 0 radical (unpaired) electrons. The normalized spacial score (nSPS) is 42.0. The molecular weight excluding hydrogens is 88.1 g/mol. The minimum absolute atomic E-state index is 0.403. The zero-order valence-electron chi connectivity index (χ0n) is 4.65. The Hall–Kier alpha value is -0.0800. The van der Waals surface area contributed by atoms with Gasteiger partial charge in [0.05, 0.1) is 0 Å². The van der Waals surface area contributed by atoms with Gasteiger partial charge in [0.15, 0.2) is 0 Å². The molecule has 1 fully saturated rings. The Balaban J connectivity index is 2.33. The van der Waals surface area contributed by atoms with E-state index in [1.54, 1.807) is 0 Å². The minimum atomic E-state index is 0.403. The third-order valence-corrected chi connectivity index (χ3v) is 1.58. The molecule has 0 amide bonds. The van der Waals surface area contributed by atoms with Crippen molar-refractivity contribution in [2.75, 3.05) is 13.1 Å². The van der Waals surface area contributed by atoms with Crippen LogP contribution in [0, 0.1) is 5.92 Å². The first-order valence-corrected chi connectivity index (χ1v) is 2.77. The third-order valence-electron chi connectivity index (χ3n) is 1.58. The SMILES string of the molecule is C[C@H]1CNC[C@H]1N. The maximum atomic E-state index is 5.62. The van der Waals surface area contributed by atoms with E-state index in [2.05, 4.69) is 12.2 Å². The van der Waals surface area contributed by atoms with Gasteiger partial charge in [-0.25, -0.2) is 0 Å². The van der Waals surface area contributed by atoms with E-state index in [4.69, 9.17) is 5.73 Å². The van der Waals surface area contributed by atoms with E-state index >= 15 is 0 Å². The Kier molecular flexibility index (Phi) is 1.30. The molecule has 0 unspecified atom stereocenters. The summed E-state index contributed by atoms with van der Waals surface area (Å²) in [6.07, 6.45) is 0. The van der Waals surface area contributed by atoms with Crippen molar-refractivity contribution in [3.8, 4) is 0 Å². The highest BCUT2D eigenvalue weighted by atomic mass is 15.0. The van der Waals surface area contributed by atoms with E-state index in [0.717, 1.165) is 13.1 Å². The van der Waals surface area contributed by atoms with Gasteiger partial charge in [-0.15, -0.1) is 0 Å². The van der Waals surface area contributed by atoms with Crippen molar-refractivity contribution in [1.82, 2.24) is 5.32 Å². The van der Waals surface area contributed by atoms with E-state index < -0.39 is 0 Å². The van der Waals surface area contributed by atoms with E-state index in [1.807, 2.05) is 0 Å². The van der Waals surface area contributed by atoms with Crippen molar-refractivity contribution >= 4 is 0 Å². The zero-order chi connectivity index (χ0) is 5.28. The first-order chi connectivity index (χ1) is 3.30. The van der Waals surface area contributed by atoms with Gasteiger partial charge >= 0.3 is 0 Å². The quantitative estimate of drug-likeness (QED) is 0.433. The molecule has 3 N–H and O–H groups in total. The lowest BCUT2D eigenvalue weighted by Gasteiger charge is -2.03. The monoisotopic (exact) mass is 100 g/mol. The second-order valence-corrected chi connectivity index (χ2v) is 2.30. The summed E-state index contributed by atoms with van der Waals surface area (Å²) in [7, 11) is 0. The fourth-order valence-corrected chi connectivity index (χ4v) is 0.830. The van der Waals surface area contributed by atoms with Gasteiger partial charge in [-0.05, 0) is 12.5 Å². The predicted molar refractivity (Wildman–Crippen MR) is 30.0 cm³/mol. The van der Waals surface area contributed by atoms with Crippen LogP contribution in [-0.4, -0.2) is 19.1 Å². The molecule has 0 bridgehead atoms. The Labute approximate surface area is 44.1 Å². The molecule has 1 heterocycles. The molecule has 42 valence electrons. The van der Waals surface area contributed by atoms with Crippen LogP contribution in [-0.2, 0) is 0 Å². The standard InChI is InChI=1S/C5H12N2/c1-4-2-7-3-5(4)6/h4-5,7H,2-3,6H2,1H3/t4-,5+/m0/s1. The van der Waals surface area contributed by atoms with E-state index in [-0.39, 0.29) is 0 Å². The largest absolute Gasteiger partial charge is 0.326 e. The number of nitrogens with one attached hydrogen (secondary N) is 1. The van der Waals surface area contributed by atoms with Crippen LogP contribution >= 0.6 is 0 Å². The van der Waals surface area contributed by atoms with Crippen molar-refractivity contribution in [3.05, 3.63) is 0 Å². The molecular formula is C5H12N2. The highest BCUT2D eigenvalue weighted by molar-refractivity contribution is 4.79. The van der Waals surface area contributed by atoms with Gasteiger partial charge in [-0.2, -0.15) is 0 Å². The Morgan fingerprint density at radius 3 is 2.43 bits per heavy atom. The summed E-state index contributed by atoms with van der Waals surface area (Å²) in [6.45, 7) is 4.27. The second kappa shape index (κ2) is 1.80. The first kappa shape index (κ1) is 5.06. The number of rotatable bonds is 0. The Bertz CT molecular complexity index is 55.1. The van der Waals surface area contributed by atoms with Crippen molar-refractivity contribution in [2.24, 2.45) is 11.7 Å². The molecule has 7 heavy (non-hydrogen) atoms. The number of hydrogen-bond acceptors (Lipinski definition) is 2. The summed E-state index contributed by atoms with van der Waals surface area (Å²) in [5.41, 5.74) is 5.62. The molecule has 1 saturated heterocycles. The van der Waals surface area contributed by atoms with Crippen molar-refractivity contribution in [3.63, 3.8) is 0 Å². The Morgan fingerprint density at radius 1 is 1.57 bits per heavy atom. The van der Waals surface area contributed by atoms with Crippen molar-refractivity contribution in [1.29, 1.82) is 0 Å². The highest BCUT2D eigenvalue weighted by Crippen LogP contribution is 2.02. The van der Waals surface area contributed by atoms with Crippen LogP contribution in [0.2, 0.25) is 0 Å². The molecule has 1 aliphatic heterocycles. The molecule has 1 aliphatic rings. The van der Waals surface area contributed by atoms with Gasteiger partial charge in [0.25, 0.3) is 0 Å². The molecule has 2 atom stereocenters. The summed E-state index contributed by atoms with van der Waals surface area (Å²) in [6, 6.07) is 0.403. The predicted octanol–water partition coefficient (Wildman–Crippen LogP) is -0.447. The maximum absolute atomic E-state index is 5.62. The van der Waals surface area contributed by atoms with Crippen LogP contribution in [0.5, 0.6) is 0 Å². The number of hydrogen-bond donors (Lipinski definition) is 2. The lowest BCUT2D eigenvalue weighted by molar-refractivity contribution is 0.565. The fraction of sp³-hybridized carbons (Fsp3) is 1.00. The third kappa shape index (κ3) is 0.924. The van der Waals surface area contributed by atoms with E-state index in [0.29, 0.717) is 12.0 Å². The summed E-state index contributed by atoms with van der Waals surface area (Å²) in [5, 5.41) is 3.20. The first-order valence-electron chi connectivity index (χ1n) is 2.77. The van der Waals surface area contributed by atoms with Crippen LogP contribution in [0.4, 0.5) is 0 Å². The van der Waals surface area contributed by atoms with Crippen LogP contribution in [0.1, 0.15) is 6.92 Å². The van der Waals surface area contributed by atoms with Gasteiger partial charge in [0.2, 0.25) is 0 Å². The van der Waals surface area contributed by atoms with Crippen LogP contribution in [0.3, 0.4) is 0 Å². The lowest BCUT2D eigenvalue weighted by Crippen LogP contribution is -2.26. The van der Waals surface area contributed by atoms with Crippen LogP contribution in [0.15, 0.2) is 0 Å². The molecule has 2 nitrogen and oxygen atoms in total. The lowest BCUT2D eigenvalue weighted by atomic mass is 10.1. The smallest absolute Gasteiger partial charge is 0.0203 e. The topological polar surface area (TPSA) is 38.0 Å². The van der Waals surface area contributed by atoms with Gasteiger partial charge < -0.3 is 11.1 Å². The second-order valence-electron chi connectivity index (χ2n) is 2.30. The van der Waals surface area contributed by atoms with Gasteiger partial charge in [-0.1, -0.05) is 6.92 Å². The molecule has 0 aromatic rings. The fourth-order valence-electron chi connectivity index (χ4n) is 0.830. The molecule has 2 heteroatoms. The summed E-state index contributed by atoms with van der Waals surface area (Å²) in [5.74, 6) is 0.681. The highest BCUT2D eigenvalue weighted by Gasteiger charge is 2.17. The van der Waals surface area contributed by atoms with Crippen molar-refractivity contribution in [2.45, 2.75) is 13.0 Å². The summed E-state index contributed by atoms with van der Waals surface area (Å²) >= 11 is 0. The van der Waals surface area contributed by atoms with Crippen LogP contribution in [0.25, 0.3) is 0 Å². The molecule has 0 spiro atoms. The van der Waals surface area contributed by atoms with Gasteiger partial charge in [0, 0.05) is 12.6 Å². The molecule has 1 rings (SSSR count). The average molecular weight is 100 g/mol. The van der Waals surface area contributed by atoms with Crippen molar-refractivity contribution < 1.29 is 0 Å². The Morgan fingerprint density at radius 2 is 2.29 bits per heavy atom. The number of nitrogens with two attached hydrogens (primary N) is 1. The maximum Gasteiger partial charge on any atom is 0.0203 e. The van der Waals surface area contributed by atoms with E-state index in [9.17, 15) is 0 Å². The summed E-state index contributed by atoms with van der Waals surface area (Å²) in [4.78, 5) is 0. The molecule has 0 aliphatic carbocycles. The molecule has 0 saturated carbocycles. The molecule has 0 aromatic carbocycles. The molecule has 0 aromatic heterocycles. The minimum Gasteiger partial charge on any atom is -0.326 e. The summed E-state index contributed by atoms with van der Waals surface area (Å²) < 4.78 is 0. The van der Waals surface area contributed by atoms with Crippen LogP contribution < -0.4 is 11.1 Å².